The number of hydrogen-bond acceptors (Lipinski definition) is 2. The van der Waals surface area contributed by atoms with Gasteiger partial charge in [0.25, 0.3) is 0 Å². The number of rotatable bonds is 6. The lowest BCUT2D eigenvalue weighted by Crippen LogP contribution is -2.00. The largest absolute Gasteiger partial charge is 0.489 e. The SMILES string of the molecule is CC=CCOc1ccc(COc2ccc3c(F)c(F)c(F)cc3c2)c(F)c1. The molecule has 0 fully saturated rings. The summed E-state index contributed by atoms with van der Waals surface area (Å²) in [6, 6.07) is 9.38. The van der Waals surface area contributed by atoms with Gasteiger partial charge in [0.2, 0.25) is 0 Å². The lowest BCUT2D eigenvalue weighted by Gasteiger charge is -2.10. The summed E-state index contributed by atoms with van der Waals surface area (Å²) >= 11 is 0. The van der Waals surface area contributed by atoms with E-state index >= 15 is 0 Å². The molecule has 0 heterocycles. The van der Waals surface area contributed by atoms with Crippen molar-refractivity contribution in [3.8, 4) is 11.5 Å². The van der Waals surface area contributed by atoms with Gasteiger partial charge in [-0.25, -0.2) is 17.6 Å². The van der Waals surface area contributed by atoms with Crippen LogP contribution in [0.5, 0.6) is 11.5 Å². The molecule has 27 heavy (non-hydrogen) atoms. The topological polar surface area (TPSA) is 18.5 Å². The van der Waals surface area contributed by atoms with Crippen molar-refractivity contribution in [1.29, 1.82) is 0 Å². The third kappa shape index (κ3) is 4.22. The monoisotopic (exact) mass is 376 g/mol. The highest BCUT2D eigenvalue weighted by Crippen LogP contribution is 2.27. The Labute approximate surface area is 153 Å². The molecule has 0 radical (unpaired) electrons. The lowest BCUT2D eigenvalue weighted by atomic mass is 10.1. The molecule has 0 atom stereocenters. The summed E-state index contributed by atoms with van der Waals surface area (Å²) in [7, 11) is 0. The normalized spacial score (nSPS) is 11.3. The maximum atomic E-state index is 14.1. The van der Waals surface area contributed by atoms with Crippen LogP contribution in [0.15, 0.2) is 54.6 Å². The molecule has 6 heteroatoms. The Balaban J connectivity index is 1.74. The number of halogens is 4. The van der Waals surface area contributed by atoms with E-state index in [1.54, 1.807) is 12.1 Å². The molecular weight excluding hydrogens is 360 g/mol. The first kappa shape index (κ1) is 18.8. The molecule has 3 rings (SSSR count). The van der Waals surface area contributed by atoms with Gasteiger partial charge in [-0.2, -0.15) is 0 Å². The summed E-state index contributed by atoms with van der Waals surface area (Å²) in [6.45, 7) is 2.12. The van der Waals surface area contributed by atoms with Gasteiger partial charge >= 0.3 is 0 Å². The second kappa shape index (κ2) is 8.12. The standard InChI is InChI=1S/C21H16F4O2/c1-2-3-8-26-16-5-4-13(18(22)11-16)12-27-15-6-7-17-14(9-15)10-19(23)21(25)20(17)24/h2-7,9-11H,8,12H2,1H3. The molecule has 0 bridgehead atoms. The Morgan fingerprint density at radius 3 is 2.30 bits per heavy atom. The molecule has 0 saturated heterocycles. The number of ether oxygens (including phenoxy) is 2. The van der Waals surface area contributed by atoms with Crippen LogP contribution < -0.4 is 9.47 Å². The van der Waals surface area contributed by atoms with Gasteiger partial charge in [0, 0.05) is 17.0 Å². The average Bonchev–Trinajstić information content (AvgIpc) is 2.65. The highest BCUT2D eigenvalue weighted by molar-refractivity contribution is 5.84. The predicted octanol–water partition coefficient (Wildman–Crippen LogP) is 5.93. The van der Waals surface area contributed by atoms with Crippen molar-refractivity contribution in [2.75, 3.05) is 6.61 Å². The molecule has 0 spiro atoms. The number of allylic oxidation sites excluding steroid dienone is 1. The smallest absolute Gasteiger partial charge is 0.195 e. The van der Waals surface area contributed by atoms with Gasteiger partial charge in [0.1, 0.15) is 30.5 Å². The van der Waals surface area contributed by atoms with E-state index in [0.717, 1.165) is 6.07 Å². The highest BCUT2D eigenvalue weighted by atomic mass is 19.2. The Bertz CT molecular complexity index is 999. The second-order valence-corrected chi connectivity index (χ2v) is 5.79. The maximum absolute atomic E-state index is 14.1. The van der Waals surface area contributed by atoms with E-state index in [1.807, 2.05) is 13.0 Å². The molecule has 0 N–H and O–H groups in total. The third-order valence-corrected chi connectivity index (χ3v) is 3.94. The first-order chi connectivity index (χ1) is 13.0. The third-order valence-electron chi connectivity index (χ3n) is 3.94. The van der Waals surface area contributed by atoms with Crippen molar-refractivity contribution in [2.45, 2.75) is 13.5 Å². The van der Waals surface area contributed by atoms with E-state index in [9.17, 15) is 17.6 Å². The quantitative estimate of drug-likeness (QED) is 0.302. The van der Waals surface area contributed by atoms with Crippen LogP contribution in [0.3, 0.4) is 0 Å². The van der Waals surface area contributed by atoms with Gasteiger partial charge in [-0.1, -0.05) is 12.2 Å². The van der Waals surface area contributed by atoms with Gasteiger partial charge in [0.15, 0.2) is 17.5 Å². The van der Waals surface area contributed by atoms with E-state index in [-0.39, 0.29) is 23.1 Å². The molecular formula is C21H16F4O2. The van der Waals surface area contributed by atoms with E-state index in [1.165, 1.54) is 30.3 Å². The first-order valence-corrected chi connectivity index (χ1v) is 8.22. The van der Waals surface area contributed by atoms with Crippen LogP contribution in [0.1, 0.15) is 12.5 Å². The number of benzene rings is 3. The van der Waals surface area contributed by atoms with Crippen molar-refractivity contribution in [1.82, 2.24) is 0 Å². The molecule has 0 aromatic heterocycles. The summed E-state index contributed by atoms with van der Waals surface area (Å²) in [5.41, 5.74) is 0.296. The molecule has 0 unspecified atom stereocenters. The summed E-state index contributed by atoms with van der Waals surface area (Å²) < 4.78 is 65.4. The van der Waals surface area contributed by atoms with Crippen molar-refractivity contribution < 1.29 is 27.0 Å². The predicted molar refractivity (Wildman–Crippen MR) is 94.9 cm³/mol. The fraction of sp³-hybridized carbons (Fsp3) is 0.143. The van der Waals surface area contributed by atoms with E-state index in [0.29, 0.717) is 17.9 Å². The van der Waals surface area contributed by atoms with E-state index in [4.69, 9.17) is 9.47 Å². The lowest BCUT2D eigenvalue weighted by molar-refractivity contribution is 0.299. The molecule has 140 valence electrons. The van der Waals surface area contributed by atoms with Gasteiger partial charge in [0.05, 0.1) is 0 Å². The van der Waals surface area contributed by atoms with E-state index < -0.39 is 23.3 Å². The van der Waals surface area contributed by atoms with Crippen LogP contribution in [0.2, 0.25) is 0 Å². The molecule has 0 aliphatic heterocycles. The van der Waals surface area contributed by atoms with Gasteiger partial charge < -0.3 is 9.47 Å². The second-order valence-electron chi connectivity index (χ2n) is 5.79. The zero-order valence-electron chi connectivity index (χ0n) is 14.4. The molecule has 0 amide bonds. The molecule has 0 aliphatic rings. The summed E-state index contributed by atoms with van der Waals surface area (Å²) in [5.74, 6) is -3.87. The van der Waals surface area contributed by atoms with Gasteiger partial charge in [-0.3, -0.25) is 0 Å². The zero-order chi connectivity index (χ0) is 19.4. The van der Waals surface area contributed by atoms with Crippen LogP contribution in [0.4, 0.5) is 17.6 Å². The Hall–Kier alpha value is -3.02. The molecule has 0 saturated carbocycles. The average molecular weight is 376 g/mol. The Morgan fingerprint density at radius 1 is 0.815 bits per heavy atom. The first-order valence-electron chi connectivity index (χ1n) is 8.22. The summed E-state index contributed by atoms with van der Waals surface area (Å²) in [4.78, 5) is 0. The summed E-state index contributed by atoms with van der Waals surface area (Å²) in [6.07, 6.45) is 3.63. The van der Waals surface area contributed by atoms with Crippen molar-refractivity contribution in [2.24, 2.45) is 0 Å². The van der Waals surface area contributed by atoms with Crippen LogP contribution in [-0.2, 0) is 6.61 Å². The Morgan fingerprint density at radius 2 is 1.56 bits per heavy atom. The molecule has 2 nitrogen and oxygen atoms in total. The van der Waals surface area contributed by atoms with Crippen molar-refractivity contribution in [3.63, 3.8) is 0 Å². The number of hydrogen-bond donors (Lipinski definition) is 0. The van der Waals surface area contributed by atoms with Crippen LogP contribution in [0.25, 0.3) is 10.8 Å². The minimum Gasteiger partial charge on any atom is -0.489 e. The van der Waals surface area contributed by atoms with Gasteiger partial charge in [-0.15, -0.1) is 0 Å². The fourth-order valence-corrected chi connectivity index (χ4v) is 2.51. The van der Waals surface area contributed by atoms with Crippen LogP contribution >= 0.6 is 0 Å². The molecule has 3 aromatic rings. The maximum Gasteiger partial charge on any atom is 0.195 e. The minimum atomic E-state index is -1.52. The summed E-state index contributed by atoms with van der Waals surface area (Å²) in [5, 5.41) is 0.0900. The van der Waals surface area contributed by atoms with Crippen LogP contribution in [-0.4, -0.2) is 6.61 Å². The zero-order valence-corrected chi connectivity index (χ0v) is 14.4. The molecule has 3 aromatic carbocycles. The van der Waals surface area contributed by atoms with E-state index in [2.05, 4.69) is 0 Å². The molecule has 0 aliphatic carbocycles. The van der Waals surface area contributed by atoms with Crippen molar-refractivity contribution in [3.05, 3.63) is 83.4 Å². The highest BCUT2D eigenvalue weighted by Gasteiger charge is 2.14. The van der Waals surface area contributed by atoms with Crippen molar-refractivity contribution >= 4 is 10.8 Å². The number of fused-ring (bicyclic) bond motifs is 1. The minimum absolute atomic E-state index is 0.0601. The van der Waals surface area contributed by atoms with Crippen LogP contribution in [0, 0.1) is 23.3 Å². The Kier molecular flexibility index (Phi) is 5.64. The van der Waals surface area contributed by atoms with Gasteiger partial charge in [-0.05, 0) is 48.7 Å². The fourth-order valence-electron chi connectivity index (χ4n) is 2.51.